The van der Waals surface area contributed by atoms with Crippen molar-refractivity contribution in [1.82, 2.24) is 10.2 Å². The largest absolute Gasteiger partial charge is 0.314 e. The van der Waals surface area contributed by atoms with Crippen molar-refractivity contribution in [2.75, 3.05) is 26.2 Å². The van der Waals surface area contributed by atoms with Gasteiger partial charge >= 0.3 is 0 Å². The smallest absolute Gasteiger partial charge is 0.142 e. The van der Waals surface area contributed by atoms with Crippen LogP contribution in [-0.2, 0) is 0 Å². The Bertz CT molecular complexity index is 416. The summed E-state index contributed by atoms with van der Waals surface area (Å²) in [5.74, 6) is -0.349. The Labute approximate surface area is 112 Å². The molecule has 1 fully saturated rings. The van der Waals surface area contributed by atoms with Crippen LogP contribution in [0.2, 0.25) is 5.02 Å². The highest BCUT2D eigenvalue weighted by Gasteiger charge is 2.23. The number of nitrogens with one attached hydrogen (secondary N) is 1. The second-order valence-electron chi connectivity index (χ2n) is 4.47. The van der Waals surface area contributed by atoms with Gasteiger partial charge in [0.05, 0.1) is 5.02 Å². The average Bonchev–Trinajstić information content (AvgIpc) is 2.41. The Kier molecular flexibility index (Phi) is 4.75. The van der Waals surface area contributed by atoms with Crippen molar-refractivity contribution in [3.05, 3.63) is 47.3 Å². The third-order valence-corrected chi connectivity index (χ3v) is 3.72. The van der Waals surface area contributed by atoms with E-state index in [1.807, 2.05) is 12.1 Å². The molecule has 0 unspecified atom stereocenters. The molecule has 0 amide bonds. The normalized spacial score (nSPS) is 18.6. The molecule has 1 aromatic carbocycles. The minimum absolute atomic E-state index is 0.118. The molecule has 1 saturated heterocycles. The van der Waals surface area contributed by atoms with Crippen LogP contribution < -0.4 is 5.32 Å². The third kappa shape index (κ3) is 2.91. The van der Waals surface area contributed by atoms with Gasteiger partial charge in [0, 0.05) is 32.2 Å². The van der Waals surface area contributed by atoms with Crippen molar-refractivity contribution in [3.63, 3.8) is 0 Å². The van der Waals surface area contributed by atoms with Crippen LogP contribution in [0.15, 0.2) is 30.9 Å². The summed E-state index contributed by atoms with van der Waals surface area (Å²) < 4.78 is 13.6. The Morgan fingerprint density at radius 1 is 1.44 bits per heavy atom. The standard InChI is InChI=1S/C14H18ClFN2/c1-2-4-13(18-9-7-17-8-10-18)11-5-3-6-12(16)14(11)15/h2-3,5-6,13,17H,1,4,7-10H2/t13-/m1/s1. The molecule has 0 radical (unpaired) electrons. The predicted octanol–water partition coefficient (Wildman–Crippen LogP) is 3.00. The van der Waals surface area contributed by atoms with Crippen molar-refractivity contribution in [2.45, 2.75) is 12.5 Å². The molecule has 1 heterocycles. The van der Waals surface area contributed by atoms with E-state index in [-0.39, 0.29) is 16.9 Å². The number of halogens is 2. The van der Waals surface area contributed by atoms with E-state index in [4.69, 9.17) is 11.6 Å². The number of hydrogen-bond acceptors (Lipinski definition) is 2. The van der Waals surface area contributed by atoms with E-state index in [2.05, 4.69) is 16.8 Å². The Balaban J connectivity index is 2.28. The number of piperazine rings is 1. The molecule has 0 aromatic heterocycles. The highest BCUT2D eigenvalue weighted by molar-refractivity contribution is 6.31. The highest BCUT2D eigenvalue weighted by Crippen LogP contribution is 2.32. The van der Waals surface area contributed by atoms with Crippen LogP contribution in [0.25, 0.3) is 0 Å². The fourth-order valence-electron chi connectivity index (χ4n) is 2.40. The maximum atomic E-state index is 13.6. The van der Waals surface area contributed by atoms with Gasteiger partial charge in [0.25, 0.3) is 0 Å². The molecule has 4 heteroatoms. The molecule has 2 rings (SSSR count). The molecule has 0 bridgehead atoms. The fourth-order valence-corrected chi connectivity index (χ4v) is 2.65. The van der Waals surface area contributed by atoms with Gasteiger partial charge in [-0.3, -0.25) is 4.90 Å². The zero-order valence-electron chi connectivity index (χ0n) is 10.3. The number of rotatable bonds is 4. The van der Waals surface area contributed by atoms with E-state index in [1.165, 1.54) is 6.07 Å². The molecule has 0 saturated carbocycles. The lowest BCUT2D eigenvalue weighted by Gasteiger charge is -2.35. The summed E-state index contributed by atoms with van der Waals surface area (Å²) in [4.78, 5) is 2.33. The van der Waals surface area contributed by atoms with Crippen molar-refractivity contribution in [2.24, 2.45) is 0 Å². The molecule has 0 aliphatic carbocycles. The highest BCUT2D eigenvalue weighted by atomic mass is 35.5. The summed E-state index contributed by atoms with van der Waals surface area (Å²) in [6.07, 6.45) is 2.65. The van der Waals surface area contributed by atoms with Gasteiger partial charge in [-0.2, -0.15) is 0 Å². The molecular formula is C14H18ClFN2. The van der Waals surface area contributed by atoms with Gasteiger partial charge in [0.1, 0.15) is 5.82 Å². The second-order valence-corrected chi connectivity index (χ2v) is 4.85. The van der Waals surface area contributed by atoms with Gasteiger partial charge in [-0.25, -0.2) is 4.39 Å². The second kappa shape index (κ2) is 6.32. The first-order valence-corrected chi connectivity index (χ1v) is 6.61. The van der Waals surface area contributed by atoms with Gasteiger partial charge in [-0.05, 0) is 18.1 Å². The van der Waals surface area contributed by atoms with Crippen LogP contribution in [0.4, 0.5) is 4.39 Å². The van der Waals surface area contributed by atoms with Gasteiger partial charge < -0.3 is 5.32 Å². The summed E-state index contributed by atoms with van der Waals surface area (Å²) in [6, 6.07) is 5.14. The zero-order valence-corrected chi connectivity index (χ0v) is 11.1. The molecule has 2 nitrogen and oxygen atoms in total. The van der Waals surface area contributed by atoms with E-state index >= 15 is 0 Å². The lowest BCUT2D eigenvalue weighted by molar-refractivity contribution is 0.174. The Morgan fingerprint density at radius 3 is 2.83 bits per heavy atom. The number of nitrogens with zero attached hydrogens (tertiary/aromatic N) is 1. The maximum absolute atomic E-state index is 13.6. The van der Waals surface area contributed by atoms with E-state index in [0.29, 0.717) is 0 Å². The quantitative estimate of drug-likeness (QED) is 0.845. The number of hydrogen-bond donors (Lipinski definition) is 1. The monoisotopic (exact) mass is 268 g/mol. The van der Waals surface area contributed by atoms with E-state index in [9.17, 15) is 4.39 Å². The predicted molar refractivity (Wildman–Crippen MR) is 73.4 cm³/mol. The van der Waals surface area contributed by atoms with Crippen LogP contribution in [-0.4, -0.2) is 31.1 Å². The summed E-state index contributed by atoms with van der Waals surface area (Å²) in [5.41, 5.74) is 0.860. The third-order valence-electron chi connectivity index (χ3n) is 3.32. The Morgan fingerprint density at radius 2 is 2.17 bits per heavy atom. The van der Waals surface area contributed by atoms with Crippen molar-refractivity contribution >= 4 is 11.6 Å². The van der Waals surface area contributed by atoms with Crippen LogP contribution >= 0.6 is 11.6 Å². The summed E-state index contributed by atoms with van der Waals surface area (Å²) in [6.45, 7) is 7.61. The Hall–Kier alpha value is -0.900. The molecular weight excluding hydrogens is 251 g/mol. The van der Waals surface area contributed by atoms with E-state index in [1.54, 1.807) is 6.07 Å². The van der Waals surface area contributed by atoms with Crippen LogP contribution in [0, 0.1) is 5.82 Å². The fraction of sp³-hybridized carbons (Fsp3) is 0.429. The molecule has 1 N–H and O–H groups in total. The molecule has 1 aromatic rings. The SMILES string of the molecule is C=CC[C@H](c1cccc(F)c1Cl)N1CCNCC1. The van der Waals surface area contributed by atoms with E-state index < -0.39 is 0 Å². The van der Waals surface area contributed by atoms with Crippen molar-refractivity contribution in [1.29, 1.82) is 0 Å². The van der Waals surface area contributed by atoms with Crippen molar-refractivity contribution < 1.29 is 4.39 Å². The van der Waals surface area contributed by atoms with Gasteiger partial charge in [0.2, 0.25) is 0 Å². The number of benzene rings is 1. The summed E-state index contributed by atoms with van der Waals surface area (Å²) >= 11 is 6.09. The minimum Gasteiger partial charge on any atom is -0.314 e. The summed E-state index contributed by atoms with van der Waals surface area (Å²) in [5, 5.41) is 3.55. The van der Waals surface area contributed by atoms with E-state index in [0.717, 1.165) is 38.2 Å². The maximum Gasteiger partial charge on any atom is 0.142 e. The first-order valence-electron chi connectivity index (χ1n) is 6.23. The molecule has 1 aliphatic heterocycles. The topological polar surface area (TPSA) is 15.3 Å². The van der Waals surface area contributed by atoms with Crippen molar-refractivity contribution in [3.8, 4) is 0 Å². The van der Waals surface area contributed by atoms with Crippen LogP contribution in [0.5, 0.6) is 0 Å². The van der Waals surface area contributed by atoms with Crippen LogP contribution in [0.1, 0.15) is 18.0 Å². The molecule has 98 valence electrons. The summed E-state index contributed by atoms with van der Waals surface area (Å²) in [7, 11) is 0. The molecule has 1 aliphatic rings. The van der Waals surface area contributed by atoms with Gasteiger partial charge in [-0.1, -0.05) is 29.8 Å². The molecule has 0 spiro atoms. The lowest BCUT2D eigenvalue weighted by atomic mass is 10.0. The minimum atomic E-state index is -0.349. The van der Waals surface area contributed by atoms with Crippen LogP contribution in [0.3, 0.4) is 0 Å². The molecule has 1 atom stereocenters. The zero-order chi connectivity index (χ0) is 13.0. The lowest BCUT2D eigenvalue weighted by Crippen LogP contribution is -2.45. The molecule has 18 heavy (non-hydrogen) atoms. The van der Waals surface area contributed by atoms with Gasteiger partial charge in [-0.15, -0.1) is 6.58 Å². The average molecular weight is 269 g/mol. The first-order chi connectivity index (χ1) is 8.74. The first kappa shape index (κ1) is 13.5. The van der Waals surface area contributed by atoms with Gasteiger partial charge in [0.15, 0.2) is 0 Å².